The summed E-state index contributed by atoms with van der Waals surface area (Å²) in [4.78, 5) is 1.51. The molecule has 3 heteroatoms. The Bertz CT molecular complexity index is 608. The van der Waals surface area contributed by atoms with E-state index in [0.717, 1.165) is 18.8 Å². The maximum atomic E-state index is 5.42. The Labute approximate surface area is 143 Å². The average Bonchev–Trinajstić information content (AvgIpc) is 3.10. The van der Waals surface area contributed by atoms with Gasteiger partial charge < -0.3 is 10.1 Å². The van der Waals surface area contributed by atoms with Crippen LogP contribution < -0.4 is 10.1 Å². The van der Waals surface area contributed by atoms with Crippen molar-refractivity contribution in [3.8, 4) is 5.75 Å². The summed E-state index contributed by atoms with van der Waals surface area (Å²) in [6, 6.07) is 11.1. The second-order valence-electron chi connectivity index (χ2n) is 6.41. The fourth-order valence-electron chi connectivity index (χ4n) is 3.82. The molecular weight excluding hydrogens is 302 g/mol. The van der Waals surface area contributed by atoms with Crippen LogP contribution in [0.2, 0.25) is 0 Å². The largest absolute Gasteiger partial charge is 0.497 e. The van der Waals surface area contributed by atoms with Gasteiger partial charge in [0.15, 0.2) is 0 Å². The van der Waals surface area contributed by atoms with Gasteiger partial charge >= 0.3 is 0 Å². The Hall–Kier alpha value is -1.32. The standard InChI is InChI=1S/C20H27NOS/c1-3-21-14-16(13-18-7-5-11-23-18)19-8-4-6-15-12-17(22-2)9-10-20(15)19/h5,7,9-12,16,19,21H,3-4,6,8,13-14H2,1-2H3. The van der Waals surface area contributed by atoms with Crippen molar-refractivity contribution in [1.82, 2.24) is 5.32 Å². The summed E-state index contributed by atoms with van der Waals surface area (Å²) in [5.74, 6) is 2.32. The molecule has 0 amide bonds. The fourth-order valence-corrected chi connectivity index (χ4v) is 4.62. The minimum Gasteiger partial charge on any atom is -0.497 e. The normalized spacial score (nSPS) is 18.4. The van der Waals surface area contributed by atoms with Gasteiger partial charge in [-0.05, 0) is 85.3 Å². The van der Waals surface area contributed by atoms with E-state index in [-0.39, 0.29) is 0 Å². The number of fused-ring (bicyclic) bond motifs is 1. The first-order valence-corrected chi connectivity index (χ1v) is 9.59. The minimum absolute atomic E-state index is 0.658. The molecule has 1 heterocycles. The second kappa shape index (κ2) is 7.98. The van der Waals surface area contributed by atoms with Crippen molar-refractivity contribution < 1.29 is 4.74 Å². The van der Waals surface area contributed by atoms with E-state index < -0.39 is 0 Å². The molecule has 0 spiro atoms. The number of thiophene rings is 1. The van der Waals surface area contributed by atoms with Gasteiger partial charge in [-0.15, -0.1) is 11.3 Å². The summed E-state index contributed by atoms with van der Waals surface area (Å²) in [5, 5.41) is 5.79. The molecule has 3 rings (SSSR count). The van der Waals surface area contributed by atoms with Crippen LogP contribution in [0.15, 0.2) is 35.7 Å². The zero-order chi connectivity index (χ0) is 16.1. The lowest BCUT2D eigenvalue weighted by Crippen LogP contribution is -2.30. The lowest BCUT2D eigenvalue weighted by atomic mass is 9.74. The summed E-state index contributed by atoms with van der Waals surface area (Å²) in [5.41, 5.74) is 3.05. The van der Waals surface area contributed by atoms with Crippen LogP contribution in [0.1, 0.15) is 41.7 Å². The van der Waals surface area contributed by atoms with Crippen LogP contribution in [0.5, 0.6) is 5.75 Å². The van der Waals surface area contributed by atoms with Gasteiger partial charge in [0.25, 0.3) is 0 Å². The first kappa shape index (κ1) is 16.5. The summed E-state index contributed by atoms with van der Waals surface area (Å²) in [6.07, 6.45) is 4.97. The molecule has 0 bridgehead atoms. The molecule has 1 aliphatic rings. The number of nitrogens with one attached hydrogen (secondary N) is 1. The minimum atomic E-state index is 0.658. The molecule has 1 aliphatic carbocycles. The van der Waals surface area contributed by atoms with Crippen LogP contribution in [-0.4, -0.2) is 20.2 Å². The zero-order valence-electron chi connectivity index (χ0n) is 14.2. The molecule has 0 saturated carbocycles. The number of methoxy groups -OCH3 is 1. The fraction of sp³-hybridized carbons (Fsp3) is 0.500. The lowest BCUT2D eigenvalue weighted by molar-refractivity contribution is 0.360. The van der Waals surface area contributed by atoms with E-state index in [9.17, 15) is 0 Å². The van der Waals surface area contributed by atoms with Crippen molar-refractivity contribution in [3.05, 3.63) is 51.7 Å². The van der Waals surface area contributed by atoms with Crippen LogP contribution >= 0.6 is 11.3 Å². The predicted molar refractivity (Wildman–Crippen MR) is 98.7 cm³/mol. The van der Waals surface area contributed by atoms with Crippen molar-refractivity contribution in [3.63, 3.8) is 0 Å². The zero-order valence-corrected chi connectivity index (χ0v) is 15.0. The molecule has 1 aromatic carbocycles. The van der Waals surface area contributed by atoms with E-state index in [1.165, 1.54) is 36.1 Å². The van der Waals surface area contributed by atoms with Gasteiger partial charge in [0.05, 0.1) is 7.11 Å². The van der Waals surface area contributed by atoms with Gasteiger partial charge in [-0.1, -0.05) is 19.1 Å². The Morgan fingerprint density at radius 3 is 3.00 bits per heavy atom. The Morgan fingerprint density at radius 1 is 1.35 bits per heavy atom. The summed E-state index contributed by atoms with van der Waals surface area (Å²) in [7, 11) is 1.76. The highest BCUT2D eigenvalue weighted by Crippen LogP contribution is 2.39. The van der Waals surface area contributed by atoms with Crippen LogP contribution in [0.3, 0.4) is 0 Å². The molecule has 2 nitrogen and oxygen atoms in total. The Morgan fingerprint density at radius 2 is 2.26 bits per heavy atom. The molecule has 0 radical (unpaired) electrons. The highest BCUT2D eigenvalue weighted by molar-refractivity contribution is 7.09. The third-order valence-electron chi connectivity index (χ3n) is 4.98. The van der Waals surface area contributed by atoms with Crippen LogP contribution in [0, 0.1) is 5.92 Å². The molecule has 0 aliphatic heterocycles. The molecule has 1 N–H and O–H groups in total. The van der Waals surface area contributed by atoms with Gasteiger partial charge in [-0.25, -0.2) is 0 Å². The van der Waals surface area contributed by atoms with E-state index in [4.69, 9.17) is 4.74 Å². The molecule has 2 atom stereocenters. The van der Waals surface area contributed by atoms with Crippen molar-refractivity contribution in [2.45, 2.75) is 38.5 Å². The average molecular weight is 330 g/mol. The van der Waals surface area contributed by atoms with E-state index in [1.807, 2.05) is 11.3 Å². The van der Waals surface area contributed by atoms with Crippen molar-refractivity contribution in [2.75, 3.05) is 20.2 Å². The number of ether oxygens (including phenoxy) is 1. The Balaban J connectivity index is 1.84. The molecular formula is C20H27NOS. The third-order valence-corrected chi connectivity index (χ3v) is 5.88. The van der Waals surface area contributed by atoms with E-state index in [2.05, 4.69) is 48.0 Å². The molecule has 124 valence electrons. The van der Waals surface area contributed by atoms with Gasteiger partial charge in [0.1, 0.15) is 5.75 Å². The third kappa shape index (κ3) is 3.96. The summed E-state index contributed by atoms with van der Waals surface area (Å²) in [6.45, 7) is 4.34. The smallest absolute Gasteiger partial charge is 0.119 e. The number of hydrogen-bond donors (Lipinski definition) is 1. The number of aryl methyl sites for hydroxylation is 1. The monoisotopic (exact) mass is 329 g/mol. The SMILES string of the molecule is CCNCC(Cc1cccs1)C1CCCc2cc(OC)ccc21. The first-order chi connectivity index (χ1) is 11.3. The number of benzene rings is 1. The highest BCUT2D eigenvalue weighted by atomic mass is 32.1. The van der Waals surface area contributed by atoms with Crippen molar-refractivity contribution >= 4 is 11.3 Å². The van der Waals surface area contributed by atoms with Crippen molar-refractivity contribution in [1.29, 1.82) is 0 Å². The second-order valence-corrected chi connectivity index (χ2v) is 7.45. The molecule has 0 saturated heterocycles. The first-order valence-electron chi connectivity index (χ1n) is 8.71. The summed E-state index contributed by atoms with van der Waals surface area (Å²) >= 11 is 1.89. The van der Waals surface area contributed by atoms with E-state index in [0.29, 0.717) is 11.8 Å². The maximum Gasteiger partial charge on any atom is 0.119 e. The van der Waals surface area contributed by atoms with Crippen LogP contribution in [0.25, 0.3) is 0 Å². The van der Waals surface area contributed by atoms with Crippen molar-refractivity contribution in [2.24, 2.45) is 5.92 Å². The molecule has 1 aromatic heterocycles. The van der Waals surface area contributed by atoms with E-state index in [1.54, 1.807) is 12.7 Å². The van der Waals surface area contributed by atoms with Gasteiger partial charge in [-0.2, -0.15) is 0 Å². The van der Waals surface area contributed by atoms with Gasteiger partial charge in [0.2, 0.25) is 0 Å². The molecule has 23 heavy (non-hydrogen) atoms. The quantitative estimate of drug-likeness (QED) is 0.798. The predicted octanol–water partition coefficient (Wildman–Crippen LogP) is 4.65. The van der Waals surface area contributed by atoms with E-state index >= 15 is 0 Å². The summed E-state index contributed by atoms with van der Waals surface area (Å²) < 4.78 is 5.42. The van der Waals surface area contributed by atoms with Crippen LogP contribution in [-0.2, 0) is 12.8 Å². The highest BCUT2D eigenvalue weighted by Gasteiger charge is 2.28. The number of hydrogen-bond acceptors (Lipinski definition) is 3. The van der Waals surface area contributed by atoms with Crippen LogP contribution in [0.4, 0.5) is 0 Å². The molecule has 2 aromatic rings. The Kier molecular flexibility index (Phi) is 5.74. The topological polar surface area (TPSA) is 21.3 Å². The molecule has 0 fully saturated rings. The van der Waals surface area contributed by atoms with Gasteiger partial charge in [-0.3, -0.25) is 0 Å². The van der Waals surface area contributed by atoms with Gasteiger partial charge in [0, 0.05) is 4.88 Å². The lowest BCUT2D eigenvalue weighted by Gasteiger charge is -2.33. The maximum absolute atomic E-state index is 5.42. The molecule has 2 unspecified atom stereocenters. The number of rotatable bonds is 7.